The Kier molecular flexibility index (Phi) is 4.69. The summed E-state index contributed by atoms with van der Waals surface area (Å²) < 4.78 is 46.5. The minimum absolute atomic E-state index is 0.0345. The molecular formula is C23H26F3N. The molecule has 0 saturated heterocycles. The predicted octanol–water partition coefficient (Wildman–Crippen LogP) is 6.43. The van der Waals surface area contributed by atoms with E-state index in [1.54, 1.807) is 6.08 Å². The molecule has 4 rings (SSSR count). The summed E-state index contributed by atoms with van der Waals surface area (Å²) >= 11 is 0. The van der Waals surface area contributed by atoms with Gasteiger partial charge in [0, 0.05) is 22.8 Å². The van der Waals surface area contributed by atoms with E-state index in [0.29, 0.717) is 19.3 Å². The third-order valence-electron chi connectivity index (χ3n) is 6.30. The fraction of sp³-hybridized carbons (Fsp3) is 0.478. The zero-order chi connectivity index (χ0) is 19.2. The van der Waals surface area contributed by atoms with E-state index in [0.717, 1.165) is 36.1 Å². The maximum Gasteiger partial charge on any atom is 0.162 e. The Morgan fingerprint density at radius 2 is 1.85 bits per heavy atom. The molecule has 1 nitrogen and oxygen atoms in total. The molecule has 4 aliphatic rings. The molecule has 0 radical (unpaired) electrons. The highest BCUT2D eigenvalue weighted by atomic mass is 19.2. The van der Waals surface area contributed by atoms with E-state index in [-0.39, 0.29) is 23.5 Å². The third-order valence-corrected chi connectivity index (χ3v) is 6.30. The Hall–Kier alpha value is -1.97. The fourth-order valence-corrected chi connectivity index (χ4v) is 4.66. The zero-order valence-corrected chi connectivity index (χ0v) is 15.7. The molecule has 4 heteroatoms. The van der Waals surface area contributed by atoms with Gasteiger partial charge < -0.3 is 5.73 Å². The molecular weight excluding hydrogens is 347 g/mol. The maximum absolute atomic E-state index is 16.1. The van der Waals surface area contributed by atoms with Crippen LogP contribution in [0.2, 0.25) is 0 Å². The van der Waals surface area contributed by atoms with Crippen LogP contribution in [0.5, 0.6) is 0 Å². The van der Waals surface area contributed by atoms with E-state index in [1.807, 2.05) is 24.3 Å². The van der Waals surface area contributed by atoms with Crippen LogP contribution in [0.3, 0.4) is 0 Å². The second-order valence-electron chi connectivity index (χ2n) is 8.31. The molecule has 0 heterocycles. The lowest BCUT2D eigenvalue weighted by atomic mass is 9.68. The molecule has 0 spiro atoms. The second-order valence-corrected chi connectivity index (χ2v) is 8.31. The van der Waals surface area contributed by atoms with Crippen molar-refractivity contribution in [3.63, 3.8) is 0 Å². The number of nitrogens with two attached hydrogens (primary N) is 1. The third kappa shape index (κ3) is 3.35. The van der Waals surface area contributed by atoms with E-state index < -0.39 is 23.2 Å². The highest BCUT2D eigenvalue weighted by molar-refractivity contribution is 5.53. The van der Waals surface area contributed by atoms with Gasteiger partial charge in [-0.15, -0.1) is 0 Å². The van der Waals surface area contributed by atoms with Crippen molar-refractivity contribution in [1.29, 1.82) is 0 Å². The van der Waals surface area contributed by atoms with Gasteiger partial charge in [0.2, 0.25) is 0 Å². The first-order chi connectivity index (χ1) is 12.9. The smallest absolute Gasteiger partial charge is 0.162 e. The first-order valence-electron chi connectivity index (χ1n) is 9.87. The van der Waals surface area contributed by atoms with Crippen molar-refractivity contribution in [3.05, 3.63) is 70.0 Å². The van der Waals surface area contributed by atoms with Gasteiger partial charge in [-0.3, -0.25) is 0 Å². The van der Waals surface area contributed by atoms with Crippen molar-refractivity contribution in [1.82, 2.24) is 0 Å². The van der Waals surface area contributed by atoms with Crippen molar-refractivity contribution in [3.8, 4) is 0 Å². The standard InChI is InChI=1S/C23H26F3N/c1-23(26)18(13-14-7-11-17(27)12-8-14)21(24)22(25)19(20(23)16-9-10-16)15-5-3-2-4-6-15/h2-3,5,7,11,16,20H,4,6,8-10,12-13,27H2,1H3. The van der Waals surface area contributed by atoms with Gasteiger partial charge in [0.15, 0.2) is 11.7 Å². The van der Waals surface area contributed by atoms with E-state index in [2.05, 4.69) is 0 Å². The minimum Gasteiger partial charge on any atom is -0.402 e. The summed E-state index contributed by atoms with van der Waals surface area (Å²) in [5.41, 5.74) is 6.56. The Bertz CT molecular complexity index is 832. The van der Waals surface area contributed by atoms with Crippen molar-refractivity contribution in [2.45, 2.75) is 57.5 Å². The second kappa shape index (κ2) is 6.88. The highest BCUT2D eigenvalue weighted by Gasteiger charge is 2.53. The van der Waals surface area contributed by atoms with Crippen molar-refractivity contribution in [2.24, 2.45) is 17.6 Å². The summed E-state index contributed by atoms with van der Waals surface area (Å²) in [7, 11) is 0. The molecule has 0 aromatic rings. The molecule has 0 aromatic carbocycles. The number of halogens is 3. The number of alkyl halides is 1. The van der Waals surface area contributed by atoms with Crippen LogP contribution in [0.4, 0.5) is 13.2 Å². The number of hydrogen-bond acceptors (Lipinski definition) is 1. The average Bonchev–Trinajstić information content (AvgIpc) is 3.48. The predicted molar refractivity (Wildman–Crippen MR) is 103 cm³/mol. The van der Waals surface area contributed by atoms with Crippen LogP contribution in [0.15, 0.2) is 70.0 Å². The minimum atomic E-state index is -1.88. The van der Waals surface area contributed by atoms with Gasteiger partial charge in [0.25, 0.3) is 0 Å². The molecule has 1 saturated carbocycles. The summed E-state index contributed by atoms with van der Waals surface area (Å²) in [4.78, 5) is 0. The van der Waals surface area contributed by atoms with Crippen molar-refractivity contribution in [2.75, 3.05) is 0 Å². The summed E-state index contributed by atoms with van der Waals surface area (Å²) in [6.45, 7) is 1.45. The van der Waals surface area contributed by atoms with E-state index in [9.17, 15) is 0 Å². The first kappa shape index (κ1) is 18.4. The van der Waals surface area contributed by atoms with Crippen molar-refractivity contribution < 1.29 is 13.2 Å². The van der Waals surface area contributed by atoms with Gasteiger partial charge in [-0.05, 0) is 69.4 Å². The van der Waals surface area contributed by atoms with Crippen LogP contribution >= 0.6 is 0 Å². The molecule has 0 aliphatic heterocycles. The first-order valence-corrected chi connectivity index (χ1v) is 9.87. The van der Waals surface area contributed by atoms with E-state index >= 15 is 13.2 Å². The maximum atomic E-state index is 16.1. The molecule has 0 aromatic heterocycles. The average molecular weight is 373 g/mol. The largest absolute Gasteiger partial charge is 0.402 e. The van der Waals surface area contributed by atoms with Crippen LogP contribution in [0.1, 0.15) is 51.9 Å². The van der Waals surface area contributed by atoms with Crippen LogP contribution in [0.25, 0.3) is 0 Å². The lowest BCUT2D eigenvalue weighted by Crippen LogP contribution is -2.39. The lowest BCUT2D eigenvalue weighted by molar-refractivity contribution is 0.136. The number of allylic oxidation sites excluding steroid dienone is 12. The SMILES string of the molecule is CC1(F)C(CC2=CC=C(N)CC2)=C(F)C(F)=C(C2=CC=CCC2)C1C1CC1. The fourth-order valence-electron chi connectivity index (χ4n) is 4.66. The molecule has 0 bridgehead atoms. The monoisotopic (exact) mass is 373 g/mol. The Morgan fingerprint density at radius 1 is 1.07 bits per heavy atom. The van der Waals surface area contributed by atoms with Crippen LogP contribution in [-0.4, -0.2) is 5.67 Å². The van der Waals surface area contributed by atoms with E-state index in [4.69, 9.17) is 5.73 Å². The summed E-state index contributed by atoms with van der Waals surface area (Å²) in [6, 6.07) is 0. The van der Waals surface area contributed by atoms with E-state index in [1.165, 1.54) is 6.92 Å². The molecule has 27 heavy (non-hydrogen) atoms. The lowest BCUT2D eigenvalue weighted by Gasteiger charge is -2.40. The molecule has 4 aliphatic carbocycles. The molecule has 1 fully saturated rings. The number of hydrogen-bond donors (Lipinski definition) is 1. The van der Waals surface area contributed by atoms with Gasteiger partial charge in [-0.2, -0.15) is 0 Å². The Morgan fingerprint density at radius 3 is 2.44 bits per heavy atom. The molecule has 2 atom stereocenters. The normalized spacial score (nSPS) is 31.7. The highest BCUT2D eigenvalue weighted by Crippen LogP contribution is 2.57. The van der Waals surface area contributed by atoms with Gasteiger partial charge in [0.1, 0.15) is 5.67 Å². The van der Waals surface area contributed by atoms with Gasteiger partial charge in [-0.25, -0.2) is 13.2 Å². The quantitative estimate of drug-likeness (QED) is 0.604. The zero-order valence-electron chi connectivity index (χ0n) is 15.7. The molecule has 144 valence electrons. The molecule has 0 amide bonds. The topological polar surface area (TPSA) is 26.0 Å². The molecule has 2 N–H and O–H groups in total. The van der Waals surface area contributed by atoms with Gasteiger partial charge in [0.05, 0.1) is 0 Å². The van der Waals surface area contributed by atoms with Crippen LogP contribution < -0.4 is 5.73 Å². The molecule has 2 unspecified atom stereocenters. The van der Waals surface area contributed by atoms with Gasteiger partial charge >= 0.3 is 0 Å². The summed E-state index contributed by atoms with van der Waals surface area (Å²) in [6.07, 6.45) is 13.9. The summed E-state index contributed by atoms with van der Waals surface area (Å²) in [5, 5.41) is 0. The number of rotatable bonds is 4. The van der Waals surface area contributed by atoms with Crippen LogP contribution in [0, 0.1) is 11.8 Å². The van der Waals surface area contributed by atoms with Crippen LogP contribution in [-0.2, 0) is 0 Å². The Labute approximate surface area is 158 Å². The van der Waals surface area contributed by atoms with Crippen molar-refractivity contribution >= 4 is 0 Å². The van der Waals surface area contributed by atoms with Gasteiger partial charge in [-0.1, -0.05) is 29.9 Å². The summed E-state index contributed by atoms with van der Waals surface area (Å²) in [5.74, 6) is -2.35. The Balaban J connectivity index is 1.78.